The van der Waals surface area contributed by atoms with E-state index in [1.807, 2.05) is 0 Å². The predicted octanol–water partition coefficient (Wildman–Crippen LogP) is 1.73. The normalized spacial score (nSPS) is 9.55. The van der Waals surface area contributed by atoms with Gasteiger partial charge in [-0.15, -0.1) is 0 Å². The van der Waals surface area contributed by atoms with Gasteiger partial charge in [-0.1, -0.05) is 18.8 Å². The molecule has 1 rings (SSSR count). The molecule has 58 valence electrons. The Morgan fingerprint density at radius 2 is 2.45 bits per heavy atom. The van der Waals surface area contributed by atoms with E-state index >= 15 is 0 Å². The van der Waals surface area contributed by atoms with Crippen molar-refractivity contribution in [2.24, 2.45) is 0 Å². The molecule has 4 heteroatoms. The third-order valence-corrected chi connectivity index (χ3v) is 1.75. The van der Waals surface area contributed by atoms with E-state index in [0.29, 0.717) is 10.5 Å². The lowest BCUT2D eigenvalue weighted by Crippen LogP contribution is -1.98. The number of aromatic hydroxyl groups is 1. The van der Waals surface area contributed by atoms with Crippen LogP contribution in [-0.4, -0.2) is 14.7 Å². The average molecular weight is 168 g/mol. The highest BCUT2D eigenvalue weighted by Crippen LogP contribution is 2.10. The second kappa shape index (κ2) is 2.84. The van der Waals surface area contributed by atoms with Crippen LogP contribution in [0.3, 0.4) is 0 Å². The van der Waals surface area contributed by atoms with Crippen molar-refractivity contribution < 1.29 is 5.11 Å². The van der Waals surface area contributed by atoms with Gasteiger partial charge in [0.25, 0.3) is 0 Å². The van der Waals surface area contributed by atoms with Gasteiger partial charge in [0.05, 0.1) is 6.20 Å². The molecular weight excluding hydrogens is 160 g/mol. The minimum absolute atomic E-state index is 0.00509. The summed E-state index contributed by atoms with van der Waals surface area (Å²) in [4.78, 5) is 3.89. The van der Waals surface area contributed by atoms with Gasteiger partial charge in [-0.05, 0) is 6.92 Å². The number of hydrogen-bond acceptors (Lipinski definition) is 3. The van der Waals surface area contributed by atoms with Crippen molar-refractivity contribution in [1.82, 2.24) is 9.55 Å². The molecule has 0 amide bonds. The Bertz CT molecular complexity index is 343. The minimum Gasteiger partial charge on any atom is -0.504 e. The van der Waals surface area contributed by atoms with Crippen molar-refractivity contribution >= 4 is 18.4 Å². The van der Waals surface area contributed by atoms with Crippen LogP contribution in [0.1, 0.15) is 5.82 Å². The summed E-state index contributed by atoms with van der Waals surface area (Å²) >= 11 is 4.88. The van der Waals surface area contributed by atoms with Crippen LogP contribution in [0, 0.1) is 11.6 Å². The maximum atomic E-state index is 9.12. The van der Waals surface area contributed by atoms with Gasteiger partial charge >= 0.3 is 0 Å². The molecule has 0 aliphatic rings. The first-order valence-corrected chi connectivity index (χ1v) is 3.47. The van der Waals surface area contributed by atoms with E-state index in [2.05, 4.69) is 11.6 Å². The van der Waals surface area contributed by atoms with Gasteiger partial charge in [0, 0.05) is 6.20 Å². The summed E-state index contributed by atoms with van der Waals surface area (Å²) in [7, 11) is 0. The molecule has 3 nitrogen and oxygen atoms in total. The van der Waals surface area contributed by atoms with E-state index in [9.17, 15) is 0 Å². The van der Waals surface area contributed by atoms with Crippen LogP contribution in [0.25, 0.3) is 6.20 Å². The molecule has 1 aromatic rings. The van der Waals surface area contributed by atoms with Gasteiger partial charge < -0.3 is 5.11 Å². The van der Waals surface area contributed by atoms with Crippen LogP contribution >= 0.6 is 12.2 Å². The molecule has 0 spiro atoms. The van der Waals surface area contributed by atoms with Crippen molar-refractivity contribution in [3.05, 3.63) is 23.2 Å². The smallest absolute Gasteiger partial charge is 0.169 e. The Labute approximate surface area is 69.6 Å². The number of rotatable bonds is 1. The highest BCUT2D eigenvalue weighted by molar-refractivity contribution is 7.71. The van der Waals surface area contributed by atoms with Gasteiger partial charge in [-0.3, -0.25) is 4.57 Å². The van der Waals surface area contributed by atoms with E-state index in [1.54, 1.807) is 11.5 Å². The largest absolute Gasteiger partial charge is 0.504 e. The molecule has 0 atom stereocenters. The van der Waals surface area contributed by atoms with E-state index in [-0.39, 0.29) is 5.75 Å². The standard InChI is InChI=1S/C7H8N2OS/c1-3-9-5(2)8-4-6(10)7(9)11/h3-4,10H,1H2,2H3. The topological polar surface area (TPSA) is 38.0 Å². The first-order valence-electron chi connectivity index (χ1n) is 3.06. The summed E-state index contributed by atoms with van der Waals surface area (Å²) in [6.45, 7) is 5.33. The zero-order chi connectivity index (χ0) is 8.43. The van der Waals surface area contributed by atoms with Gasteiger partial charge in [0.15, 0.2) is 10.4 Å². The second-order valence-electron chi connectivity index (χ2n) is 2.05. The third kappa shape index (κ3) is 1.30. The summed E-state index contributed by atoms with van der Waals surface area (Å²) in [5.74, 6) is 0.716. The van der Waals surface area contributed by atoms with Crippen LogP contribution in [0.15, 0.2) is 12.8 Å². The second-order valence-corrected chi connectivity index (χ2v) is 2.44. The van der Waals surface area contributed by atoms with Gasteiger partial charge in [-0.2, -0.15) is 0 Å². The third-order valence-electron chi connectivity index (χ3n) is 1.34. The summed E-state index contributed by atoms with van der Waals surface area (Å²) in [5.41, 5.74) is 0. The Hall–Kier alpha value is -1.16. The van der Waals surface area contributed by atoms with E-state index < -0.39 is 0 Å². The average Bonchev–Trinajstić information content (AvgIpc) is 1.99. The lowest BCUT2D eigenvalue weighted by atomic mass is 10.5. The molecule has 0 aliphatic carbocycles. The maximum Gasteiger partial charge on any atom is 0.169 e. The fraction of sp³-hybridized carbons (Fsp3) is 0.143. The molecule has 0 fully saturated rings. The Morgan fingerprint density at radius 1 is 1.82 bits per heavy atom. The molecule has 0 unspecified atom stereocenters. The van der Waals surface area contributed by atoms with Gasteiger partial charge in [0.1, 0.15) is 5.82 Å². The van der Waals surface area contributed by atoms with Crippen LogP contribution in [0.5, 0.6) is 5.75 Å². The van der Waals surface area contributed by atoms with Crippen molar-refractivity contribution in [2.45, 2.75) is 6.92 Å². The van der Waals surface area contributed by atoms with Gasteiger partial charge in [0.2, 0.25) is 0 Å². The van der Waals surface area contributed by atoms with E-state index in [0.717, 1.165) is 0 Å². The molecule has 0 saturated heterocycles. The van der Waals surface area contributed by atoms with Crippen molar-refractivity contribution in [3.63, 3.8) is 0 Å². The summed E-state index contributed by atoms with van der Waals surface area (Å²) in [6, 6.07) is 0. The highest BCUT2D eigenvalue weighted by atomic mass is 32.1. The quantitative estimate of drug-likeness (QED) is 0.649. The molecule has 1 heterocycles. The lowest BCUT2D eigenvalue weighted by molar-refractivity contribution is 0.464. The Kier molecular flexibility index (Phi) is 2.05. The molecular formula is C7H8N2OS. The molecule has 0 bridgehead atoms. The minimum atomic E-state index is 0.00509. The van der Waals surface area contributed by atoms with Crippen molar-refractivity contribution in [1.29, 1.82) is 0 Å². The van der Waals surface area contributed by atoms with Crippen molar-refractivity contribution in [3.8, 4) is 5.75 Å². The number of nitrogens with zero attached hydrogens (tertiary/aromatic N) is 2. The van der Waals surface area contributed by atoms with Crippen molar-refractivity contribution in [2.75, 3.05) is 0 Å². The monoisotopic (exact) mass is 168 g/mol. The Morgan fingerprint density at radius 3 is 2.91 bits per heavy atom. The molecule has 0 saturated carbocycles. The van der Waals surface area contributed by atoms with Gasteiger partial charge in [-0.25, -0.2) is 4.98 Å². The lowest BCUT2D eigenvalue weighted by Gasteiger charge is -2.03. The molecule has 1 N–H and O–H groups in total. The number of hydrogen-bond donors (Lipinski definition) is 1. The number of aryl methyl sites for hydroxylation is 1. The predicted molar refractivity (Wildman–Crippen MR) is 45.8 cm³/mol. The zero-order valence-electron chi connectivity index (χ0n) is 6.11. The highest BCUT2D eigenvalue weighted by Gasteiger charge is 1.97. The van der Waals surface area contributed by atoms with Crippen LogP contribution in [0.4, 0.5) is 0 Å². The molecule has 0 radical (unpaired) electrons. The molecule has 1 aromatic heterocycles. The summed E-state index contributed by atoms with van der Waals surface area (Å²) in [5, 5.41) is 9.12. The number of aromatic nitrogens is 2. The fourth-order valence-electron chi connectivity index (χ4n) is 0.757. The maximum absolute atomic E-state index is 9.12. The van der Waals surface area contributed by atoms with Crippen LogP contribution in [0.2, 0.25) is 0 Å². The summed E-state index contributed by atoms with van der Waals surface area (Å²) in [6.07, 6.45) is 2.85. The summed E-state index contributed by atoms with van der Waals surface area (Å²) < 4.78 is 1.89. The first kappa shape index (κ1) is 7.94. The van der Waals surface area contributed by atoms with Crippen LogP contribution in [-0.2, 0) is 0 Å². The zero-order valence-corrected chi connectivity index (χ0v) is 6.93. The fourth-order valence-corrected chi connectivity index (χ4v) is 1.02. The van der Waals surface area contributed by atoms with E-state index in [4.69, 9.17) is 17.3 Å². The molecule has 0 aliphatic heterocycles. The molecule has 11 heavy (non-hydrogen) atoms. The first-order chi connectivity index (χ1) is 5.16. The Balaban J connectivity index is 3.54. The van der Waals surface area contributed by atoms with Crippen LogP contribution < -0.4 is 0 Å². The SMILES string of the molecule is C=Cn1c(C)ncc(O)c1=S. The molecule has 0 aromatic carbocycles. The van der Waals surface area contributed by atoms with E-state index in [1.165, 1.54) is 12.4 Å².